The summed E-state index contributed by atoms with van der Waals surface area (Å²) in [4.78, 5) is 4.73. The number of nitrogens with zero attached hydrogens (tertiary/aromatic N) is 2. The zero-order valence-electron chi connectivity index (χ0n) is 11.4. The van der Waals surface area contributed by atoms with E-state index >= 15 is 0 Å². The maximum absolute atomic E-state index is 5.76. The highest BCUT2D eigenvalue weighted by molar-refractivity contribution is 4.86. The molecule has 2 aliphatic rings. The lowest BCUT2D eigenvalue weighted by atomic mass is 9.89. The fraction of sp³-hybridized carbons (Fsp3) is 1.00. The molecule has 0 unspecified atom stereocenters. The highest BCUT2D eigenvalue weighted by atomic mass is 16.7. The van der Waals surface area contributed by atoms with Crippen molar-refractivity contribution >= 4 is 0 Å². The Morgan fingerprint density at radius 2 is 1.59 bits per heavy atom. The Hall–Kier alpha value is -0.160. The van der Waals surface area contributed by atoms with Crippen molar-refractivity contribution in [3.8, 4) is 0 Å². The molecular weight excluding hydrogens is 216 g/mol. The summed E-state index contributed by atoms with van der Waals surface area (Å²) in [6.45, 7) is 3.83. The molecule has 0 aromatic heterocycles. The van der Waals surface area contributed by atoms with Gasteiger partial charge in [-0.15, -0.1) is 0 Å². The van der Waals surface area contributed by atoms with Crippen LogP contribution in [0.2, 0.25) is 0 Å². The van der Waals surface area contributed by atoms with Gasteiger partial charge in [0.25, 0.3) is 0 Å². The van der Waals surface area contributed by atoms with Crippen molar-refractivity contribution in [2.45, 2.75) is 37.5 Å². The number of ether oxygens (including phenoxy) is 2. The average Bonchev–Trinajstić information content (AvgIpc) is 2.75. The van der Waals surface area contributed by atoms with Crippen LogP contribution < -0.4 is 0 Å². The van der Waals surface area contributed by atoms with E-state index in [0.717, 1.165) is 39.1 Å². The van der Waals surface area contributed by atoms with E-state index in [1.165, 1.54) is 12.8 Å². The Balaban J connectivity index is 1.74. The molecule has 0 N–H and O–H groups in total. The quantitative estimate of drug-likeness (QED) is 0.739. The Kier molecular flexibility index (Phi) is 4.42. The molecule has 1 saturated heterocycles. The molecule has 1 aliphatic heterocycles. The first-order valence-electron chi connectivity index (χ1n) is 6.74. The van der Waals surface area contributed by atoms with Crippen LogP contribution in [-0.2, 0) is 9.47 Å². The second-order valence-electron chi connectivity index (χ2n) is 5.62. The summed E-state index contributed by atoms with van der Waals surface area (Å²) in [5.74, 6) is -0.209. The summed E-state index contributed by atoms with van der Waals surface area (Å²) in [7, 11) is 6.50. The van der Waals surface area contributed by atoms with Gasteiger partial charge >= 0.3 is 0 Å². The van der Waals surface area contributed by atoms with E-state index in [1.54, 1.807) is 0 Å². The van der Waals surface area contributed by atoms with Gasteiger partial charge in [0.15, 0.2) is 5.79 Å². The highest BCUT2D eigenvalue weighted by Crippen LogP contribution is 2.36. The molecule has 100 valence electrons. The number of hydrogen-bond donors (Lipinski definition) is 0. The molecular formula is C13H26N2O2. The molecule has 2 rings (SSSR count). The summed E-state index contributed by atoms with van der Waals surface area (Å²) < 4.78 is 11.5. The maximum Gasteiger partial charge on any atom is 0.168 e. The van der Waals surface area contributed by atoms with Crippen LogP contribution in [0.1, 0.15) is 25.7 Å². The molecule has 1 heterocycles. The molecule has 0 amide bonds. The number of likely N-dealkylation sites (N-methyl/N-ethyl adjacent to an activating group) is 2. The van der Waals surface area contributed by atoms with E-state index < -0.39 is 0 Å². The second-order valence-corrected chi connectivity index (χ2v) is 5.62. The van der Waals surface area contributed by atoms with E-state index in [9.17, 15) is 0 Å². The SMILES string of the molecule is CN(C)CCN(C)C1CCC2(CC1)OCCO2. The van der Waals surface area contributed by atoms with Gasteiger partial charge < -0.3 is 19.3 Å². The van der Waals surface area contributed by atoms with Gasteiger partial charge in [0.2, 0.25) is 0 Å². The summed E-state index contributed by atoms with van der Waals surface area (Å²) in [6.07, 6.45) is 4.52. The van der Waals surface area contributed by atoms with Crippen LogP contribution >= 0.6 is 0 Å². The van der Waals surface area contributed by atoms with Crippen LogP contribution in [0.4, 0.5) is 0 Å². The van der Waals surface area contributed by atoms with Gasteiger partial charge in [-0.2, -0.15) is 0 Å². The average molecular weight is 242 g/mol. The van der Waals surface area contributed by atoms with E-state index in [-0.39, 0.29) is 5.79 Å². The van der Waals surface area contributed by atoms with Crippen molar-refractivity contribution in [1.82, 2.24) is 9.80 Å². The molecule has 1 spiro atoms. The molecule has 0 aromatic rings. The van der Waals surface area contributed by atoms with Crippen LogP contribution in [0.25, 0.3) is 0 Å². The van der Waals surface area contributed by atoms with Gasteiger partial charge in [-0.05, 0) is 34.0 Å². The lowest BCUT2D eigenvalue weighted by molar-refractivity contribution is -0.183. The van der Waals surface area contributed by atoms with Crippen molar-refractivity contribution in [3.63, 3.8) is 0 Å². The van der Waals surface area contributed by atoms with Crippen molar-refractivity contribution < 1.29 is 9.47 Å². The molecule has 4 heteroatoms. The van der Waals surface area contributed by atoms with E-state index in [4.69, 9.17) is 9.47 Å². The summed E-state index contributed by atoms with van der Waals surface area (Å²) >= 11 is 0. The zero-order chi connectivity index (χ0) is 12.3. The fourth-order valence-electron chi connectivity index (χ4n) is 2.81. The third-order valence-electron chi connectivity index (χ3n) is 4.05. The first-order chi connectivity index (χ1) is 8.11. The third kappa shape index (κ3) is 3.41. The summed E-state index contributed by atoms with van der Waals surface area (Å²) in [5, 5.41) is 0. The Bertz CT molecular complexity index is 230. The minimum Gasteiger partial charge on any atom is -0.348 e. The van der Waals surface area contributed by atoms with E-state index in [0.29, 0.717) is 6.04 Å². The van der Waals surface area contributed by atoms with Crippen LogP contribution in [-0.4, -0.2) is 69.1 Å². The topological polar surface area (TPSA) is 24.9 Å². The molecule has 0 atom stereocenters. The van der Waals surface area contributed by atoms with Crippen LogP contribution in [0, 0.1) is 0 Å². The Morgan fingerprint density at radius 1 is 1.00 bits per heavy atom. The predicted molar refractivity (Wildman–Crippen MR) is 68.1 cm³/mol. The molecule has 17 heavy (non-hydrogen) atoms. The smallest absolute Gasteiger partial charge is 0.168 e. The van der Waals surface area contributed by atoms with Gasteiger partial charge in [-0.1, -0.05) is 0 Å². The van der Waals surface area contributed by atoms with Crippen LogP contribution in [0.5, 0.6) is 0 Å². The van der Waals surface area contributed by atoms with Gasteiger partial charge in [0.05, 0.1) is 13.2 Å². The van der Waals surface area contributed by atoms with Crippen molar-refractivity contribution in [1.29, 1.82) is 0 Å². The second kappa shape index (κ2) is 5.65. The normalized spacial score (nSPS) is 25.2. The Labute approximate surface area is 105 Å². The standard InChI is InChI=1S/C13H26N2O2/c1-14(2)8-9-15(3)12-4-6-13(7-5-12)16-10-11-17-13/h12H,4-11H2,1-3H3. The lowest BCUT2D eigenvalue weighted by Crippen LogP contribution is -2.44. The number of rotatable bonds is 4. The minimum atomic E-state index is -0.209. The zero-order valence-corrected chi connectivity index (χ0v) is 11.4. The van der Waals surface area contributed by atoms with Crippen LogP contribution in [0.15, 0.2) is 0 Å². The highest BCUT2D eigenvalue weighted by Gasteiger charge is 2.40. The van der Waals surface area contributed by atoms with Gasteiger partial charge in [0, 0.05) is 32.0 Å². The first kappa shape index (κ1) is 13.3. The van der Waals surface area contributed by atoms with E-state index in [2.05, 4.69) is 30.9 Å². The van der Waals surface area contributed by atoms with Crippen LogP contribution in [0.3, 0.4) is 0 Å². The molecule has 2 fully saturated rings. The van der Waals surface area contributed by atoms with Gasteiger partial charge in [-0.3, -0.25) is 0 Å². The molecule has 1 saturated carbocycles. The summed E-state index contributed by atoms with van der Waals surface area (Å²) in [5.41, 5.74) is 0. The molecule has 0 bridgehead atoms. The largest absolute Gasteiger partial charge is 0.348 e. The third-order valence-corrected chi connectivity index (χ3v) is 4.05. The fourth-order valence-corrected chi connectivity index (χ4v) is 2.81. The predicted octanol–water partition coefficient (Wildman–Crippen LogP) is 1.17. The molecule has 0 radical (unpaired) electrons. The van der Waals surface area contributed by atoms with Gasteiger partial charge in [0.1, 0.15) is 0 Å². The Morgan fingerprint density at radius 3 is 2.12 bits per heavy atom. The first-order valence-corrected chi connectivity index (χ1v) is 6.74. The van der Waals surface area contributed by atoms with Crippen molar-refractivity contribution in [2.24, 2.45) is 0 Å². The van der Waals surface area contributed by atoms with Crippen molar-refractivity contribution in [3.05, 3.63) is 0 Å². The summed E-state index contributed by atoms with van der Waals surface area (Å²) in [6, 6.07) is 0.702. The number of hydrogen-bond acceptors (Lipinski definition) is 4. The van der Waals surface area contributed by atoms with E-state index in [1.807, 2.05) is 0 Å². The van der Waals surface area contributed by atoms with Crippen molar-refractivity contribution in [2.75, 3.05) is 47.4 Å². The van der Waals surface area contributed by atoms with Gasteiger partial charge in [-0.25, -0.2) is 0 Å². The molecule has 0 aromatic carbocycles. The molecule has 4 nitrogen and oxygen atoms in total. The lowest BCUT2D eigenvalue weighted by Gasteiger charge is -2.39. The minimum absolute atomic E-state index is 0.209. The molecule has 1 aliphatic carbocycles. The monoisotopic (exact) mass is 242 g/mol. The maximum atomic E-state index is 5.76.